The SMILES string of the molecule is C=CCCCO[C@H]1O[C@@H]2CO[C@@H](c3ccccc3)O[C@H]2[C@H](OCc2ccccc2)[C@H]1N=[N+]=[N-]. The molecular formula is C25H29N3O5. The van der Waals surface area contributed by atoms with E-state index < -0.39 is 36.9 Å². The van der Waals surface area contributed by atoms with Gasteiger partial charge in [-0.15, -0.1) is 6.58 Å². The van der Waals surface area contributed by atoms with Crippen LogP contribution in [0.15, 0.2) is 78.4 Å². The van der Waals surface area contributed by atoms with Crippen LogP contribution in [0.4, 0.5) is 0 Å². The Labute approximate surface area is 193 Å². The maximum Gasteiger partial charge on any atom is 0.184 e. The van der Waals surface area contributed by atoms with E-state index in [-0.39, 0.29) is 0 Å². The summed E-state index contributed by atoms with van der Waals surface area (Å²) < 4.78 is 30.7. The second-order valence-electron chi connectivity index (χ2n) is 7.98. The van der Waals surface area contributed by atoms with Crippen molar-refractivity contribution < 1.29 is 23.7 Å². The van der Waals surface area contributed by atoms with Crippen molar-refractivity contribution in [1.82, 2.24) is 0 Å². The molecule has 2 aromatic carbocycles. The zero-order chi connectivity index (χ0) is 22.9. The van der Waals surface area contributed by atoms with Gasteiger partial charge in [0.15, 0.2) is 12.6 Å². The summed E-state index contributed by atoms with van der Waals surface area (Å²) >= 11 is 0. The molecular weight excluding hydrogens is 422 g/mol. The van der Waals surface area contributed by atoms with E-state index in [9.17, 15) is 5.53 Å². The lowest BCUT2D eigenvalue weighted by Crippen LogP contribution is -2.62. The van der Waals surface area contributed by atoms with Gasteiger partial charge in [-0.25, -0.2) is 0 Å². The molecule has 0 aliphatic carbocycles. The monoisotopic (exact) mass is 451 g/mol. The van der Waals surface area contributed by atoms with Crippen LogP contribution in [0.1, 0.15) is 30.3 Å². The van der Waals surface area contributed by atoms with Gasteiger partial charge in [-0.3, -0.25) is 0 Å². The fourth-order valence-corrected chi connectivity index (χ4v) is 4.04. The summed E-state index contributed by atoms with van der Waals surface area (Å²) in [5.74, 6) is 0. The Morgan fingerprint density at radius 1 is 1.06 bits per heavy atom. The molecule has 2 heterocycles. The van der Waals surface area contributed by atoms with Gasteiger partial charge in [0.05, 0.1) is 19.8 Å². The van der Waals surface area contributed by atoms with Gasteiger partial charge in [0.2, 0.25) is 0 Å². The number of ether oxygens (including phenoxy) is 5. The van der Waals surface area contributed by atoms with E-state index in [1.165, 1.54) is 0 Å². The standard InChI is InChI=1S/C25H29N3O5/c1-2-3-10-15-29-25-21(27-28-26)23(30-16-18-11-6-4-7-12-18)22-20(32-25)17-31-24(33-22)19-13-8-5-9-14-19/h2,4-9,11-14,20-25H,1,3,10,15-17H2/t20-,21-,22-,23-,24-,25+/m1/s1. The van der Waals surface area contributed by atoms with Crippen LogP contribution in [-0.2, 0) is 30.3 Å². The molecule has 4 rings (SSSR count). The first-order valence-corrected chi connectivity index (χ1v) is 11.2. The van der Waals surface area contributed by atoms with Crippen LogP contribution in [0.5, 0.6) is 0 Å². The molecule has 0 amide bonds. The molecule has 0 saturated carbocycles. The lowest BCUT2D eigenvalue weighted by atomic mass is 9.96. The van der Waals surface area contributed by atoms with Crippen molar-refractivity contribution in [3.8, 4) is 0 Å². The first-order chi connectivity index (χ1) is 16.3. The third-order valence-corrected chi connectivity index (χ3v) is 5.68. The largest absolute Gasteiger partial charge is 0.370 e. The minimum Gasteiger partial charge on any atom is -0.370 e. The van der Waals surface area contributed by atoms with Gasteiger partial charge in [-0.05, 0) is 23.9 Å². The topological polar surface area (TPSA) is 94.9 Å². The Hall–Kier alpha value is -2.71. The predicted molar refractivity (Wildman–Crippen MR) is 122 cm³/mol. The summed E-state index contributed by atoms with van der Waals surface area (Å²) in [7, 11) is 0. The van der Waals surface area contributed by atoms with Crippen LogP contribution in [0.25, 0.3) is 10.4 Å². The molecule has 174 valence electrons. The lowest BCUT2D eigenvalue weighted by molar-refractivity contribution is -0.347. The van der Waals surface area contributed by atoms with E-state index in [2.05, 4.69) is 16.6 Å². The zero-order valence-electron chi connectivity index (χ0n) is 18.4. The Morgan fingerprint density at radius 3 is 2.55 bits per heavy atom. The molecule has 0 aromatic heterocycles. The second kappa shape index (κ2) is 12.0. The molecule has 0 unspecified atom stereocenters. The number of unbranched alkanes of at least 4 members (excludes halogenated alkanes) is 1. The predicted octanol–water partition coefficient (Wildman–Crippen LogP) is 5.07. The number of rotatable bonds is 10. The lowest BCUT2D eigenvalue weighted by Gasteiger charge is -2.48. The number of allylic oxidation sites excluding steroid dienone is 1. The van der Waals surface area contributed by atoms with E-state index in [4.69, 9.17) is 23.7 Å². The van der Waals surface area contributed by atoms with Crippen molar-refractivity contribution in [3.05, 3.63) is 94.9 Å². The fraction of sp³-hybridized carbons (Fsp3) is 0.440. The summed E-state index contributed by atoms with van der Waals surface area (Å²) in [6.45, 7) is 4.84. The average molecular weight is 452 g/mol. The quantitative estimate of drug-likeness (QED) is 0.165. The maximum absolute atomic E-state index is 9.29. The third-order valence-electron chi connectivity index (χ3n) is 5.68. The molecule has 0 spiro atoms. The smallest absolute Gasteiger partial charge is 0.184 e. The molecule has 2 fully saturated rings. The molecule has 0 N–H and O–H groups in total. The van der Waals surface area contributed by atoms with Crippen LogP contribution in [-0.4, -0.2) is 43.9 Å². The van der Waals surface area contributed by atoms with Gasteiger partial charge in [0, 0.05) is 10.5 Å². The van der Waals surface area contributed by atoms with E-state index in [1.807, 2.05) is 66.7 Å². The molecule has 2 aliphatic rings. The summed E-state index contributed by atoms with van der Waals surface area (Å²) in [4.78, 5) is 3.06. The molecule has 2 aliphatic heterocycles. The highest BCUT2D eigenvalue weighted by Crippen LogP contribution is 2.37. The summed E-state index contributed by atoms with van der Waals surface area (Å²) in [5, 5.41) is 4.01. The number of benzene rings is 2. The highest BCUT2D eigenvalue weighted by molar-refractivity contribution is 5.17. The summed E-state index contributed by atoms with van der Waals surface area (Å²) in [6.07, 6.45) is 0.660. The number of fused-ring (bicyclic) bond motifs is 1. The number of nitrogens with zero attached hydrogens (tertiary/aromatic N) is 3. The summed E-state index contributed by atoms with van der Waals surface area (Å²) in [5.41, 5.74) is 11.2. The third kappa shape index (κ3) is 6.00. The van der Waals surface area contributed by atoms with Crippen molar-refractivity contribution in [3.63, 3.8) is 0 Å². The molecule has 8 heteroatoms. The molecule has 2 aromatic rings. The van der Waals surface area contributed by atoms with Crippen LogP contribution in [0.2, 0.25) is 0 Å². The Bertz CT molecular complexity index is 922. The van der Waals surface area contributed by atoms with Crippen molar-refractivity contribution >= 4 is 0 Å². The number of hydrogen-bond acceptors (Lipinski definition) is 6. The molecule has 8 nitrogen and oxygen atoms in total. The maximum atomic E-state index is 9.29. The van der Waals surface area contributed by atoms with Crippen LogP contribution in [0, 0.1) is 0 Å². The van der Waals surface area contributed by atoms with Gasteiger partial charge >= 0.3 is 0 Å². The van der Waals surface area contributed by atoms with E-state index in [1.54, 1.807) is 0 Å². The van der Waals surface area contributed by atoms with E-state index in [0.29, 0.717) is 19.8 Å². The first kappa shape index (κ1) is 23.4. The van der Waals surface area contributed by atoms with Crippen LogP contribution >= 0.6 is 0 Å². The van der Waals surface area contributed by atoms with Gasteiger partial charge in [0.1, 0.15) is 24.4 Å². The van der Waals surface area contributed by atoms with Gasteiger partial charge in [-0.2, -0.15) is 0 Å². The number of hydrogen-bond donors (Lipinski definition) is 0. The molecule has 0 bridgehead atoms. The molecule has 2 saturated heterocycles. The van der Waals surface area contributed by atoms with E-state index >= 15 is 0 Å². The van der Waals surface area contributed by atoms with E-state index in [0.717, 1.165) is 24.0 Å². The summed E-state index contributed by atoms with van der Waals surface area (Å²) in [6, 6.07) is 18.8. The van der Waals surface area contributed by atoms with Crippen molar-refractivity contribution in [2.75, 3.05) is 13.2 Å². The highest BCUT2D eigenvalue weighted by atomic mass is 16.7. The Morgan fingerprint density at radius 2 is 1.82 bits per heavy atom. The molecule has 0 radical (unpaired) electrons. The molecule has 33 heavy (non-hydrogen) atoms. The van der Waals surface area contributed by atoms with Crippen molar-refractivity contribution in [2.45, 2.75) is 56.4 Å². The van der Waals surface area contributed by atoms with Crippen LogP contribution in [0.3, 0.4) is 0 Å². The average Bonchev–Trinajstić information content (AvgIpc) is 2.87. The fourth-order valence-electron chi connectivity index (χ4n) is 4.04. The molecule has 6 atom stereocenters. The second-order valence-corrected chi connectivity index (χ2v) is 7.98. The highest BCUT2D eigenvalue weighted by Gasteiger charge is 2.50. The Kier molecular flexibility index (Phi) is 8.49. The van der Waals surface area contributed by atoms with Crippen molar-refractivity contribution in [2.24, 2.45) is 5.11 Å². The Balaban J connectivity index is 1.55. The minimum absolute atomic E-state index is 0.310. The number of azide groups is 1. The normalized spacial score (nSPS) is 29.0. The minimum atomic E-state index is -0.756. The zero-order valence-corrected chi connectivity index (χ0v) is 18.4. The van der Waals surface area contributed by atoms with Crippen molar-refractivity contribution in [1.29, 1.82) is 0 Å². The van der Waals surface area contributed by atoms with Crippen LogP contribution < -0.4 is 0 Å². The first-order valence-electron chi connectivity index (χ1n) is 11.2. The van der Waals surface area contributed by atoms with Gasteiger partial charge in [-0.1, -0.05) is 71.9 Å². The van der Waals surface area contributed by atoms with Gasteiger partial charge in [0.25, 0.3) is 0 Å². The van der Waals surface area contributed by atoms with Gasteiger partial charge < -0.3 is 23.7 Å².